The Labute approximate surface area is 116 Å². The van der Waals surface area contributed by atoms with Gasteiger partial charge in [-0.1, -0.05) is 0 Å². The van der Waals surface area contributed by atoms with Crippen molar-refractivity contribution < 1.29 is 13.6 Å². The summed E-state index contributed by atoms with van der Waals surface area (Å²) in [5.74, 6) is -1.26. The number of benzene rings is 1. The molecule has 108 valence electrons. The second-order valence-corrected chi connectivity index (χ2v) is 5.37. The topological polar surface area (TPSA) is 44.4 Å². The molecule has 0 radical (unpaired) electrons. The van der Waals surface area contributed by atoms with Gasteiger partial charge in [0, 0.05) is 42.9 Å². The molecule has 1 aromatic rings. The van der Waals surface area contributed by atoms with E-state index in [0.29, 0.717) is 30.4 Å². The third-order valence-electron chi connectivity index (χ3n) is 4.10. The Kier molecular flexibility index (Phi) is 3.33. The molecular weight excluding hydrogens is 264 g/mol. The lowest BCUT2D eigenvalue weighted by Crippen LogP contribution is -2.42. The van der Waals surface area contributed by atoms with E-state index in [9.17, 15) is 13.6 Å². The van der Waals surface area contributed by atoms with Crippen molar-refractivity contribution in [3.05, 3.63) is 29.3 Å². The second-order valence-electron chi connectivity index (χ2n) is 5.37. The number of hydrogen-bond donors (Lipinski definition) is 2. The molecule has 2 heterocycles. The Morgan fingerprint density at radius 3 is 2.95 bits per heavy atom. The van der Waals surface area contributed by atoms with Crippen molar-refractivity contribution in [2.45, 2.75) is 24.9 Å². The first kappa shape index (κ1) is 13.3. The number of nitrogens with zero attached hydrogens (tertiary/aromatic N) is 1. The molecule has 0 aromatic heterocycles. The number of hydrogen-bond acceptors (Lipinski definition) is 3. The van der Waals surface area contributed by atoms with Crippen molar-refractivity contribution in [3.8, 4) is 0 Å². The molecule has 0 aliphatic carbocycles. The van der Waals surface area contributed by atoms with E-state index in [4.69, 9.17) is 0 Å². The number of fused-ring (bicyclic) bond motifs is 1. The molecular formula is C14H17F2N3O. The quantitative estimate of drug-likeness (QED) is 0.854. The average Bonchev–Trinajstić information content (AvgIpc) is 3.03. The molecule has 0 bridgehead atoms. The summed E-state index contributed by atoms with van der Waals surface area (Å²) in [6, 6.07) is 1.93. The number of amides is 1. The number of carbonyl (C=O) groups is 1. The lowest BCUT2D eigenvalue weighted by atomic mass is 10.1. The Bertz CT molecular complexity index is 549. The maximum Gasteiger partial charge on any atom is 0.245 e. The van der Waals surface area contributed by atoms with E-state index in [1.807, 2.05) is 7.05 Å². The number of likely N-dealkylation sites (N-methyl/N-ethyl adjacent to an activating group) is 1. The van der Waals surface area contributed by atoms with Gasteiger partial charge in [0.1, 0.15) is 17.7 Å². The Hall–Kier alpha value is -1.69. The highest BCUT2D eigenvalue weighted by molar-refractivity contribution is 5.87. The molecule has 20 heavy (non-hydrogen) atoms. The van der Waals surface area contributed by atoms with Crippen LogP contribution in [0.5, 0.6) is 0 Å². The van der Waals surface area contributed by atoms with Crippen LogP contribution >= 0.6 is 0 Å². The van der Waals surface area contributed by atoms with Crippen LogP contribution in [0.15, 0.2) is 12.1 Å². The summed E-state index contributed by atoms with van der Waals surface area (Å²) in [5.41, 5.74) is 0.791. The number of halogens is 2. The van der Waals surface area contributed by atoms with Crippen molar-refractivity contribution in [1.29, 1.82) is 0 Å². The monoisotopic (exact) mass is 281 g/mol. The number of rotatable bonds is 2. The van der Waals surface area contributed by atoms with Crippen molar-refractivity contribution in [3.63, 3.8) is 0 Å². The molecule has 1 fully saturated rings. The maximum absolute atomic E-state index is 13.7. The smallest absolute Gasteiger partial charge is 0.245 e. The van der Waals surface area contributed by atoms with E-state index < -0.39 is 17.7 Å². The fourth-order valence-corrected chi connectivity index (χ4v) is 2.95. The van der Waals surface area contributed by atoms with Crippen molar-refractivity contribution in [2.75, 3.05) is 25.5 Å². The normalized spacial score (nSPS) is 24.6. The van der Waals surface area contributed by atoms with Gasteiger partial charge in [-0.3, -0.25) is 4.79 Å². The predicted molar refractivity (Wildman–Crippen MR) is 71.5 cm³/mol. The molecule has 0 saturated carbocycles. The SMILES string of the molecule is CN[C@@H]1CCN(C(=O)C2Cc3c(F)cc(F)cc3N2)C1. The summed E-state index contributed by atoms with van der Waals surface area (Å²) < 4.78 is 26.8. The number of anilines is 1. The molecule has 0 spiro atoms. The van der Waals surface area contributed by atoms with Gasteiger partial charge in [0.2, 0.25) is 5.91 Å². The molecule has 2 aliphatic rings. The zero-order chi connectivity index (χ0) is 14.3. The van der Waals surface area contributed by atoms with Gasteiger partial charge in [0.25, 0.3) is 0 Å². The van der Waals surface area contributed by atoms with E-state index in [2.05, 4.69) is 10.6 Å². The highest BCUT2D eigenvalue weighted by Crippen LogP contribution is 2.30. The van der Waals surface area contributed by atoms with Gasteiger partial charge in [-0.15, -0.1) is 0 Å². The van der Waals surface area contributed by atoms with Crippen LogP contribution in [0.25, 0.3) is 0 Å². The minimum absolute atomic E-state index is 0.0428. The molecule has 4 nitrogen and oxygen atoms in total. The number of carbonyl (C=O) groups excluding carboxylic acids is 1. The molecule has 3 rings (SSSR count). The Balaban J connectivity index is 1.72. The van der Waals surface area contributed by atoms with Crippen LogP contribution < -0.4 is 10.6 Å². The molecule has 2 atom stereocenters. The largest absolute Gasteiger partial charge is 0.373 e. The highest BCUT2D eigenvalue weighted by atomic mass is 19.1. The summed E-state index contributed by atoms with van der Waals surface area (Å²) in [7, 11) is 1.88. The first-order valence-electron chi connectivity index (χ1n) is 6.79. The molecule has 1 unspecified atom stereocenters. The first-order chi connectivity index (χ1) is 9.58. The first-order valence-corrected chi connectivity index (χ1v) is 6.79. The third-order valence-corrected chi connectivity index (χ3v) is 4.10. The molecule has 2 N–H and O–H groups in total. The van der Waals surface area contributed by atoms with Crippen molar-refractivity contribution >= 4 is 11.6 Å². The van der Waals surface area contributed by atoms with Crippen LogP contribution in [-0.2, 0) is 11.2 Å². The molecule has 1 amide bonds. The summed E-state index contributed by atoms with van der Waals surface area (Å²) >= 11 is 0. The maximum atomic E-state index is 13.7. The minimum atomic E-state index is -0.627. The van der Waals surface area contributed by atoms with Gasteiger partial charge in [0.15, 0.2) is 0 Å². The van der Waals surface area contributed by atoms with Gasteiger partial charge in [-0.2, -0.15) is 0 Å². The van der Waals surface area contributed by atoms with Crippen LogP contribution in [0, 0.1) is 11.6 Å². The summed E-state index contributed by atoms with van der Waals surface area (Å²) in [5, 5.41) is 6.08. The second kappa shape index (κ2) is 5.01. The van der Waals surface area contributed by atoms with Crippen LogP contribution in [0.3, 0.4) is 0 Å². The highest BCUT2D eigenvalue weighted by Gasteiger charge is 2.35. The van der Waals surface area contributed by atoms with E-state index in [1.165, 1.54) is 6.07 Å². The van der Waals surface area contributed by atoms with E-state index in [1.54, 1.807) is 4.90 Å². The van der Waals surface area contributed by atoms with E-state index >= 15 is 0 Å². The molecule has 1 aromatic carbocycles. The van der Waals surface area contributed by atoms with Gasteiger partial charge < -0.3 is 15.5 Å². The van der Waals surface area contributed by atoms with Crippen molar-refractivity contribution in [2.24, 2.45) is 0 Å². The van der Waals surface area contributed by atoms with Gasteiger partial charge in [0.05, 0.1) is 0 Å². The van der Waals surface area contributed by atoms with Gasteiger partial charge in [-0.25, -0.2) is 8.78 Å². The van der Waals surface area contributed by atoms with Crippen LogP contribution in [0.1, 0.15) is 12.0 Å². The summed E-state index contributed by atoms with van der Waals surface area (Å²) in [6.45, 7) is 1.37. The lowest BCUT2D eigenvalue weighted by molar-refractivity contribution is -0.130. The zero-order valence-electron chi connectivity index (χ0n) is 11.2. The number of nitrogens with one attached hydrogen (secondary N) is 2. The Morgan fingerprint density at radius 2 is 2.25 bits per heavy atom. The Morgan fingerprint density at radius 1 is 1.45 bits per heavy atom. The lowest BCUT2D eigenvalue weighted by Gasteiger charge is -2.21. The third kappa shape index (κ3) is 2.24. The van der Waals surface area contributed by atoms with E-state index in [0.717, 1.165) is 12.5 Å². The van der Waals surface area contributed by atoms with Gasteiger partial charge >= 0.3 is 0 Å². The molecule has 6 heteroatoms. The summed E-state index contributed by atoms with van der Waals surface area (Å²) in [4.78, 5) is 14.2. The fourth-order valence-electron chi connectivity index (χ4n) is 2.95. The standard InChI is InChI=1S/C14H17F2N3O/c1-17-9-2-3-19(7-9)14(20)13-6-10-11(16)4-8(15)5-12(10)18-13/h4-5,9,13,17-18H,2-3,6-7H2,1H3/t9-,13?/m1/s1. The van der Waals surface area contributed by atoms with E-state index in [-0.39, 0.29) is 12.3 Å². The van der Waals surface area contributed by atoms with Crippen LogP contribution in [0.4, 0.5) is 14.5 Å². The fraction of sp³-hybridized carbons (Fsp3) is 0.500. The number of likely N-dealkylation sites (tertiary alicyclic amines) is 1. The minimum Gasteiger partial charge on any atom is -0.373 e. The van der Waals surface area contributed by atoms with Crippen LogP contribution in [0.2, 0.25) is 0 Å². The summed E-state index contributed by atoms with van der Waals surface area (Å²) in [6.07, 6.45) is 1.20. The van der Waals surface area contributed by atoms with Gasteiger partial charge in [-0.05, 0) is 19.5 Å². The molecule has 1 saturated heterocycles. The molecule has 2 aliphatic heterocycles. The van der Waals surface area contributed by atoms with Crippen molar-refractivity contribution in [1.82, 2.24) is 10.2 Å². The zero-order valence-corrected chi connectivity index (χ0v) is 11.2. The van der Waals surface area contributed by atoms with Crippen LogP contribution in [-0.4, -0.2) is 43.0 Å². The predicted octanol–water partition coefficient (Wildman–Crippen LogP) is 1.12. The average molecular weight is 281 g/mol.